The lowest BCUT2D eigenvalue weighted by atomic mass is 10.2. The Morgan fingerprint density at radius 2 is 2.00 bits per heavy atom. The number of nitriles is 1. The first-order valence-electron chi connectivity index (χ1n) is 6.48. The number of nitrogens with one attached hydrogen (secondary N) is 1. The molecule has 2 aromatic carbocycles. The summed E-state index contributed by atoms with van der Waals surface area (Å²) in [4.78, 5) is 0. The topological polar surface area (TPSA) is 65.3 Å². The molecule has 0 amide bonds. The van der Waals surface area contributed by atoms with Gasteiger partial charge in [0, 0.05) is 6.54 Å². The Labute approximate surface area is 122 Å². The Bertz CT molecular complexity index is 626. The molecule has 2 N–H and O–H groups in total. The van der Waals surface area contributed by atoms with Crippen molar-refractivity contribution in [2.24, 2.45) is 0 Å². The van der Waals surface area contributed by atoms with Gasteiger partial charge >= 0.3 is 0 Å². The van der Waals surface area contributed by atoms with E-state index in [0.717, 1.165) is 6.07 Å². The van der Waals surface area contributed by atoms with Crippen LogP contribution in [0, 0.1) is 17.1 Å². The summed E-state index contributed by atoms with van der Waals surface area (Å²) < 4.78 is 18.4. The molecule has 0 fully saturated rings. The second kappa shape index (κ2) is 7.27. The number of para-hydroxylation sites is 1. The molecule has 2 rings (SSSR count). The molecular weight excluding hydrogens is 271 g/mol. The van der Waals surface area contributed by atoms with Crippen LogP contribution in [0.15, 0.2) is 48.5 Å². The number of anilines is 1. The van der Waals surface area contributed by atoms with E-state index in [1.165, 1.54) is 12.1 Å². The van der Waals surface area contributed by atoms with Crippen LogP contribution in [-0.2, 0) is 0 Å². The van der Waals surface area contributed by atoms with E-state index in [-0.39, 0.29) is 18.7 Å². The zero-order valence-electron chi connectivity index (χ0n) is 11.3. The summed E-state index contributed by atoms with van der Waals surface area (Å²) in [5.74, 6) is 0.209. The average molecular weight is 286 g/mol. The first-order chi connectivity index (χ1) is 10.2. The van der Waals surface area contributed by atoms with Crippen molar-refractivity contribution in [1.29, 1.82) is 5.26 Å². The number of rotatable bonds is 6. The van der Waals surface area contributed by atoms with Crippen molar-refractivity contribution in [2.45, 2.75) is 6.10 Å². The fourth-order valence-electron chi connectivity index (χ4n) is 1.76. The highest BCUT2D eigenvalue weighted by atomic mass is 19.1. The number of aliphatic hydroxyl groups excluding tert-OH is 1. The van der Waals surface area contributed by atoms with Gasteiger partial charge in [0.15, 0.2) is 0 Å². The summed E-state index contributed by atoms with van der Waals surface area (Å²) in [6.07, 6.45) is -0.748. The number of halogens is 1. The molecule has 1 unspecified atom stereocenters. The molecule has 108 valence electrons. The van der Waals surface area contributed by atoms with E-state index in [4.69, 9.17) is 10.00 Å². The van der Waals surface area contributed by atoms with Gasteiger partial charge in [0.1, 0.15) is 30.3 Å². The van der Waals surface area contributed by atoms with Gasteiger partial charge < -0.3 is 15.2 Å². The van der Waals surface area contributed by atoms with Gasteiger partial charge in [-0.15, -0.1) is 0 Å². The van der Waals surface area contributed by atoms with Gasteiger partial charge in [0.25, 0.3) is 0 Å². The Hall–Kier alpha value is -2.58. The zero-order chi connectivity index (χ0) is 15.1. The number of ether oxygens (including phenoxy) is 1. The minimum Gasteiger partial charge on any atom is -0.491 e. The van der Waals surface area contributed by atoms with E-state index < -0.39 is 11.9 Å². The van der Waals surface area contributed by atoms with Crippen molar-refractivity contribution < 1.29 is 14.2 Å². The Morgan fingerprint density at radius 1 is 1.24 bits per heavy atom. The SMILES string of the molecule is N#Cc1cc(F)ccc1NCC(O)COc1ccccc1. The van der Waals surface area contributed by atoms with Crippen molar-refractivity contribution in [3.05, 3.63) is 59.9 Å². The monoisotopic (exact) mass is 286 g/mol. The second-order valence-electron chi connectivity index (χ2n) is 4.46. The van der Waals surface area contributed by atoms with E-state index in [2.05, 4.69) is 5.32 Å². The molecule has 0 saturated heterocycles. The number of hydrogen-bond donors (Lipinski definition) is 2. The first-order valence-corrected chi connectivity index (χ1v) is 6.48. The molecule has 0 aliphatic heterocycles. The maximum Gasteiger partial charge on any atom is 0.124 e. The third-order valence-corrected chi connectivity index (χ3v) is 2.82. The molecule has 0 bridgehead atoms. The normalized spacial score (nSPS) is 11.5. The van der Waals surface area contributed by atoms with Crippen molar-refractivity contribution >= 4 is 5.69 Å². The molecule has 0 heterocycles. The Kier molecular flexibility index (Phi) is 5.13. The van der Waals surface area contributed by atoms with Crippen LogP contribution in [0.1, 0.15) is 5.56 Å². The number of hydrogen-bond acceptors (Lipinski definition) is 4. The third kappa shape index (κ3) is 4.48. The number of nitrogens with zero attached hydrogens (tertiary/aromatic N) is 1. The van der Waals surface area contributed by atoms with E-state index in [1.807, 2.05) is 24.3 Å². The maximum atomic E-state index is 13.0. The van der Waals surface area contributed by atoms with Crippen molar-refractivity contribution in [1.82, 2.24) is 0 Å². The van der Waals surface area contributed by atoms with Gasteiger partial charge in [-0.05, 0) is 30.3 Å². The fraction of sp³-hybridized carbons (Fsp3) is 0.188. The minimum atomic E-state index is -0.748. The Balaban J connectivity index is 1.84. The number of benzene rings is 2. The van der Waals surface area contributed by atoms with E-state index in [0.29, 0.717) is 11.4 Å². The van der Waals surface area contributed by atoms with Crippen LogP contribution in [0.3, 0.4) is 0 Å². The predicted molar refractivity (Wildman–Crippen MR) is 77.5 cm³/mol. The van der Waals surface area contributed by atoms with Crippen LogP contribution in [0.25, 0.3) is 0 Å². The molecule has 5 heteroatoms. The molecule has 0 aliphatic carbocycles. The molecule has 0 radical (unpaired) electrons. The Morgan fingerprint density at radius 3 is 2.71 bits per heavy atom. The lowest BCUT2D eigenvalue weighted by Crippen LogP contribution is -2.26. The molecule has 0 spiro atoms. The fourth-order valence-corrected chi connectivity index (χ4v) is 1.76. The van der Waals surface area contributed by atoms with Gasteiger partial charge in [-0.2, -0.15) is 5.26 Å². The van der Waals surface area contributed by atoms with E-state index >= 15 is 0 Å². The zero-order valence-corrected chi connectivity index (χ0v) is 11.3. The summed E-state index contributed by atoms with van der Waals surface area (Å²) in [7, 11) is 0. The van der Waals surface area contributed by atoms with Crippen molar-refractivity contribution in [2.75, 3.05) is 18.5 Å². The average Bonchev–Trinajstić information content (AvgIpc) is 2.52. The highest BCUT2D eigenvalue weighted by molar-refractivity contribution is 5.57. The minimum absolute atomic E-state index is 0.125. The highest BCUT2D eigenvalue weighted by Gasteiger charge is 2.08. The molecule has 1 atom stereocenters. The smallest absolute Gasteiger partial charge is 0.124 e. The van der Waals surface area contributed by atoms with Crippen molar-refractivity contribution in [3.63, 3.8) is 0 Å². The third-order valence-electron chi connectivity index (χ3n) is 2.82. The van der Waals surface area contributed by atoms with Gasteiger partial charge in [0.05, 0.1) is 11.3 Å². The summed E-state index contributed by atoms with van der Waals surface area (Å²) in [6, 6.07) is 14.9. The largest absolute Gasteiger partial charge is 0.491 e. The summed E-state index contributed by atoms with van der Waals surface area (Å²) >= 11 is 0. The molecule has 0 saturated carbocycles. The van der Waals surface area contributed by atoms with Crippen LogP contribution in [0.4, 0.5) is 10.1 Å². The van der Waals surface area contributed by atoms with Crippen molar-refractivity contribution in [3.8, 4) is 11.8 Å². The molecule has 21 heavy (non-hydrogen) atoms. The van der Waals surface area contributed by atoms with E-state index in [9.17, 15) is 9.50 Å². The van der Waals surface area contributed by atoms with Gasteiger partial charge in [-0.1, -0.05) is 18.2 Å². The summed E-state index contributed by atoms with van der Waals surface area (Å²) in [5.41, 5.74) is 0.684. The van der Waals surface area contributed by atoms with Crippen LogP contribution in [0.5, 0.6) is 5.75 Å². The second-order valence-corrected chi connectivity index (χ2v) is 4.46. The van der Waals surface area contributed by atoms with Gasteiger partial charge in [-0.3, -0.25) is 0 Å². The molecule has 2 aromatic rings. The molecule has 4 nitrogen and oxygen atoms in total. The van der Waals surface area contributed by atoms with Gasteiger partial charge in [0.2, 0.25) is 0 Å². The van der Waals surface area contributed by atoms with Crippen LogP contribution >= 0.6 is 0 Å². The molecule has 0 aromatic heterocycles. The summed E-state index contributed by atoms with van der Waals surface area (Å²) in [6.45, 7) is 0.327. The molecular formula is C16H15FN2O2. The number of aliphatic hydroxyl groups is 1. The quantitative estimate of drug-likeness (QED) is 0.856. The summed E-state index contributed by atoms with van der Waals surface area (Å²) in [5, 5.41) is 21.7. The van der Waals surface area contributed by atoms with Gasteiger partial charge in [-0.25, -0.2) is 4.39 Å². The predicted octanol–water partition coefficient (Wildman–Crippen LogP) is 2.55. The first kappa shape index (κ1) is 14.8. The lowest BCUT2D eigenvalue weighted by Gasteiger charge is -2.14. The lowest BCUT2D eigenvalue weighted by molar-refractivity contribution is 0.117. The van der Waals surface area contributed by atoms with Crippen LogP contribution in [0.2, 0.25) is 0 Å². The maximum absolute atomic E-state index is 13.0. The van der Waals surface area contributed by atoms with Crippen LogP contribution < -0.4 is 10.1 Å². The molecule has 0 aliphatic rings. The highest BCUT2D eigenvalue weighted by Crippen LogP contribution is 2.16. The van der Waals surface area contributed by atoms with Crippen LogP contribution in [-0.4, -0.2) is 24.4 Å². The standard InChI is InChI=1S/C16H15FN2O2/c17-13-6-7-16(12(8-13)9-18)19-10-14(20)11-21-15-4-2-1-3-5-15/h1-8,14,19-20H,10-11H2. The van der Waals surface area contributed by atoms with E-state index in [1.54, 1.807) is 12.1 Å².